The zero-order valence-corrected chi connectivity index (χ0v) is 11.3. The standard InChI is InChI=1S/C13H18N2O4/c1-9-4-5-11(15(18)19)8-12(9)13(17)14(3)7-6-10(2)16/h4-5,8,10,16H,6-7H2,1-3H3. The van der Waals surface area contributed by atoms with Crippen LogP contribution in [0.2, 0.25) is 0 Å². The molecule has 19 heavy (non-hydrogen) atoms. The third kappa shape index (κ3) is 4.03. The highest BCUT2D eigenvalue weighted by molar-refractivity contribution is 5.96. The van der Waals surface area contributed by atoms with Crippen LogP contribution in [0.5, 0.6) is 0 Å². The average molecular weight is 266 g/mol. The second kappa shape index (κ2) is 6.29. The first-order chi connectivity index (χ1) is 8.82. The van der Waals surface area contributed by atoms with Gasteiger partial charge in [0.2, 0.25) is 0 Å². The smallest absolute Gasteiger partial charge is 0.270 e. The van der Waals surface area contributed by atoms with Crippen molar-refractivity contribution in [2.24, 2.45) is 0 Å². The highest BCUT2D eigenvalue weighted by Gasteiger charge is 2.18. The number of nitro benzene ring substituents is 1. The van der Waals surface area contributed by atoms with Gasteiger partial charge in [-0.15, -0.1) is 0 Å². The maximum Gasteiger partial charge on any atom is 0.270 e. The Hall–Kier alpha value is -1.95. The molecule has 0 saturated heterocycles. The third-order valence-corrected chi connectivity index (χ3v) is 2.89. The molecule has 1 aromatic rings. The number of carbonyl (C=O) groups is 1. The van der Waals surface area contributed by atoms with Gasteiger partial charge >= 0.3 is 0 Å². The van der Waals surface area contributed by atoms with E-state index in [1.165, 1.54) is 17.0 Å². The number of rotatable bonds is 5. The summed E-state index contributed by atoms with van der Waals surface area (Å²) in [4.78, 5) is 23.8. The van der Waals surface area contributed by atoms with Crippen LogP contribution in [0.4, 0.5) is 5.69 Å². The second-order valence-corrected chi connectivity index (χ2v) is 4.62. The van der Waals surface area contributed by atoms with E-state index < -0.39 is 11.0 Å². The highest BCUT2D eigenvalue weighted by Crippen LogP contribution is 2.18. The number of nitro groups is 1. The number of benzene rings is 1. The van der Waals surface area contributed by atoms with E-state index in [4.69, 9.17) is 0 Å². The maximum atomic E-state index is 12.2. The van der Waals surface area contributed by atoms with Crippen molar-refractivity contribution in [2.75, 3.05) is 13.6 Å². The van der Waals surface area contributed by atoms with Crippen LogP contribution in [-0.4, -0.2) is 40.5 Å². The molecular weight excluding hydrogens is 248 g/mol. The van der Waals surface area contributed by atoms with Gasteiger partial charge in [-0.05, 0) is 25.8 Å². The number of non-ortho nitro benzene ring substituents is 1. The Balaban J connectivity index is 2.92. The summed E-state index contributed by atoms with van der Waals surface area (Å²) in [5, 5.41) is 19.9. The van der Waals surface area contributed by atoms with Gasteiger partial charge in [0, 0.05) is 31.3 Å². The van der Waals surface area contributed by atoms with Crippen LogP contribution in [-0.2, 0) is 0 Å². The molecule has 1 N–H and O–H groups in total. The minimum atomic E-state index is -0.522. The number of hydrogen-bond donors (Lipinski definition) is 1. The predicted molar refractivity (Wildman–Crippen MR) is 71.1 cm³/mol. The number of carbonyl (C=O) groups excluding carboxylic acids is 1. The van der Waals surface area contributed by atoms with Gasteiger partial charge in [0.1, 0.15) is 0 Å². The van der Waals surface area contributed by atoms with Crippen LogP contribution < -0.4 is 0 Å². The van der Waals surface area contributed by atoms with Crippen LogP contribution in [0, 0.1) is 17.0 Å². The van der Waals surface area contributed by atoms with Crippen molar-refractivity contribution in [3.63, 3.8) is 0 Å². The van der Waals surface area contributed by atoms with Gasteiger partial charge in [0.05, 0.1) is 11.0 Å². The molecule has 1 amide bonds. The molecule has 1 unspecified atom stereocenters. The van der Waals surface area contributed by atoms with E-state index in [1.54, 1.807) is 27.0 Å². The lowest BCUT2D eigenvalue weighted by molar-refractivity contribution is -0.384. The van der Waals surface area contributed by atoms with Crippen molar-refractivity contribution in [1.82, 2.24) is 4.90 Å². The molecule has 0 aromatic heterocycles. The van der Waals surface area contributed by atoms with Crippen molar-refractivity contribution >= 4 is 11.6 Å². The van der Waals surface area contributed by atoms with Crippen LogP contribution in [0.15, 0.2) is 18.2 Å². The molecule has 6 nitrogen and oxygen atoms in total. The fourth-order valence-electron chi connectivity index (χ4n) is 1.64. The number of aryl methyl sites for hydroxylation is 1. The molecule has 0 aliphatic rings. The summed E-state index contributed by atoms with van der Waals surface area (Å²) in [6.45, 7) is 3.79. The first-order valence-corrected chi connectivity index (χ1v) is 6.01. The third-order valence-electron chi connectivity index (χ3n) is 2.89. The Bertz CT molecular complexity index is 486. The normalized spacial score (nSPS) is 12.0. The minimum Gasteiger partial charge on any atom is -0.393 e. The molecule has 6 heteroatoms. The number of aliphatic hydroxyl groups is 1. The van der Waals surface area contributed by atoms with Gasteiger partial charge < -0.3 is 10.0 Å². The largest absolute Gasteiger partial charge is 0.393 e. The molecule has 1 aromatic carbocycles. The van der Waals surface area contributed by atoms with Crippen molar-refractivity contribution < 1.29 is 14.8 Å². The Kier molecular flexibility index (Phi) is 5.00. The van der Waals surface area contributed by atoms with E-state index in [0.717, 1.165) is 0 Å². The van der Waals surface area contributed by atoms with Crippen LogP contribution in [0.1, 0.15) is 29.3 Å². The van der Waals surface area contributed by atoms with Gasteiger partial charge in [-0.1, -0.05) is 6.07 Å². The van der Waals surface area contributed by atoms with E-state index in [-0.39, 0.29) is 11.6 Å². The number of nitrogens with zero attached hydrogens (tertiary/aromatic N) is 2. The van der Waals surface area contributed by atoms with Crippen LogP contribution >= 0.6 is 0 Å². The number of amides is 1. The first-order valence-electron chi connectivity index (χ1n) is 6.01. The summed E-state index contributed by atoms with van der Waals surface area (Å²) in [6, 6.07) is 4.23. The zero-order chi connectivity index (χ0) is 14.6. The van der Waals surface area contributed by atoms with Gasteiger partial charge in [0.25, 0.3) is 11.6 Å². The van der Waals surface area contributed by atoms with E-state index >= 15 is 0 Å². The first kappa shape index (κ1) is 15.1. The van der Waals surface area contributed by atoms with E-state index in [2.05, 4.69) is 0 Å². The summed E-state index contributed by atoms with van der Waals surface area (Å²) < 4.78 is 0. The molecule has 0 radical (unpaired) electrons. The summed E-state index contributed by atoms with van der Waals surface area (Å²) in [5.74, 6) is -0.276. The van der Waals surface area contributed by atoms with Crippen molar-refractivity contribution in [1.29, 1.82) is 0 Å². The molecule has 1 atom stereocenters. The molecule has 0 heterocycles. The number of hydrogen-bond acceptors (Lipinski definition) is 4. The summed E-state index contributed by atoms with van der Waals surface area (Å²) in [5.41, 5.74) is 0.916. The van der Waals surface area contributed by atoms with Crippen molar-refractivity contribution in [3.8, 4) is 0 Å². The molecule has 0 spiro atoms. The summed E-state index contributed by atoms with van der Waals surface area (Å²) in [6.07, 6.45) is -0.0163. The van der Waals surface area contributed by atoms with Gasteiger partial charge in [-0.25, -0.2) is 0 Å². The molecule has 0 aliphatic heterocycles. The Morgan fingerprint density at radius 3 is 2.68 bits per heavy atom. The van der Waals surface area contributed by atoms with E-state index in [0.29, 0.717) is 24.1 Å². The molecule has 0 aliphatic carbocycles. The lowest BCUT2D eigenvalue weighted by Gasteiger charge is -2.19. The monoisotopic (exact) mass is 266 g/mol. The quantitative estimate of drug-likeness (QED) is 0.650. The highest BCUT2D eigenvalue weighted by atomic mass is 16.6. The molecule has 0 saturated carbocycles. The second-order valence-electron chi connectivity index (χ2n) is 4.62. The van der Waals surface area contributed by atoms with Crippen molar-refractivity contribution in [3.05, 3.63) is 39.4 Å². The molecule has 1 rings (SSSR count). The van der Waals surface area contributed by atoms with Gasteiger partial charge in [-0.2, -0.15) is 0 Å². The minimum absolute atomic E-state index is 0.0992. The fourth-order valence-corrected chi connectivity index (χ4v) is 1.64. The molecule has 104 valence electrons. The maximum absolute atomic E-state index is 12.2. The van der Waals surface area contributed by atoms with E-state index in [1.807, 2.05) is 0 Å². The molecule has 0 fully saturated rings. The SMILES string of the molecule is Cc1ccc([N+](=O)[O-])cc1C(=O)N(C)CCC(C)O. The topological polar surface area (TPSA) is 83.7 Å². The number of aliphatic hydroxyl groups excluding tert-OH is 1. The predicted octanol–water partition coefficient (Wildman–Crippen LogP) is 1.75. The Morgan fingerprint density at radius 2 is 2.16 bits per heavy atom. The average Bonchev–Trinajstić information content (AvgIpc) is 2.35. The molecular formula is C13H18N2O4. The van der Waals surface area contributed by atoms with Gasteiger partial charge in [0.15, 0.2) is 0 Å². The lowest BCUT2D eigenvalue weighted by Crippen LogP contribution is -2.30. The Labute approximate surface area is 111 Å². The van der Waals surface area contributed by atoms with Crippen molar-refractivity contribution in [2.45, 2.75) is 26.4 Å². The van der Waals surface area contributed by atoms with Gasteiger partial charge in [-0.3, -0.25) is 14.9 Å². The van der Waals surface area contributed by atoms with Crippen LogP contribution in [0.3, 0.4) is 0 Å². The summed E-state index contributed by atoms with van der Waals surface area (Å²) in [7, 11) is 1.61. The lowest BCUT2D eigenvalue weighted by atomic mass is 10.1. The van der Waals surface area contributed by atoms with Crippen LogP contribution in [0.25, 0.3) is 0 Å². The van der Waals surface area contributed by atoms with E-state index in [9.17, 15) is 20.0 Å². The molecule has 0 bridgehead atoms. The zero-order valence-electron chi connectivity index (χ0n) is 11.3. The fraction of sp³-hybridized carbons (Fsp3) is 0.462. The Morgan fingerprint density at radius 1 is 1.53 bits per heavy atom. The summed E-state index contributed by atoms with van der Waals surface area (Å²) >= 11 is 0.